The molecule has 6 heteroatoms. The molecule has 0 amide bonds. The van der Waals surface area contributed by atoms with Crippen molar-refractivity contribution in [3.63, 3.8) is 0 Å². The Morgan fingerprint density at radius 1 is 1.64 bits per heavy atom. The average molecular weight is 215 g/mol. The molecule has 78 valence electrons. The summed E-state index contributed by atoms with van der Waals surface area (Å²) < 4.78 is 0. The fourth-order valence-electron chi connectivity index (χ4n) is 1.01. The zero-order valence-electron chi connectivity index (χ0n) is 7.73. The van der Waals surface area contributed by atoms with Gasteiger partial charge in [-0.3, -0.25) is 10.1 Å². The first-order valence-corrected chi connectivity index (χ1v) is 5.24. The summed E-state index contributed by atoms with van der Waals surface area (Å²) >= 11 is 1.16. The molecule has 0 unspecified atom stereocenters. The fraction of sp³-hybridized carbons (Fsp3) is 0.500. The third-order valence-corrected chi connectivity index (χ3v) is 2.64. The summed E-state index contributed by atoms with van der Waals surface area (Å²) in [4.78, 5) is 10.0. The van der Waals surface area contributed by atoms with E-state index in [1.807, 2.05) is 0 Å². The molecule has 0 atom stereocenters. The molecule has 0 radical (unpaired) electrons. The monoisotopic (exact) mass is 215 g/mol. The van der Waals surface area contributed by atoms with Crippen LogP contribution in [0, 0.1) is 10.1 Å². The molecule has 0 bridgehead atoms. The Kier molecular flexibility index (Phi) is 4.51. The van der Waals surface area contributed by atoms with Crippen LogP contribution in [0.2, 0.25) is 0 Å². The second-order valence-electron chi connectivity index (χ2n) is 2.87. The summed E-state index contributed by atoms with van der Waals surface area (Å²) in [5, 5.41) is 15.5. The van der Waals surface area contributed by atoms with Crippen LogP contribution in [-0.2, 0) is 6.54 Å². The first-order valence-electron chi connectivity index (χ1n) is 4.36. The fourth-order valence-corrected chi connectivity index (χ4v) is 1.74. The van der Waals surface area contributed by atoms with Gasteiger partial charge in [0.1, 0.15) is 0 Å². The molecule has 1 heterocycles. The first-order chi connectivity index (χ1) is 6.74. The van der Waals surface area contributed by atoms with Crippen LogP contribution in [0.25, 0.3) is 0 Å². The summed E-state index contributed by atoms with van der Waals surface area (Å²) in [5.74, 6) is 0. The number of nitrogens with one attached hydrogen (secondary N) is 1. The number of nitrogens with two attached hydrogens (primary N) is 1. The van der Waals surface area contributed by atoms with Crippen molar-refractivity contribution in [1.82, 2.24) is 5.32 Å². The van der Waals surface area contributed by atoms with E-state index in [1.165, 1.54) is 0 Å². The van der Waals surface area contributed by atoms with Crippen molar-refractivity contribution in [2.75, 3.05) is 13.1 Å². The molecule has 14 heavy (non-hydrogen) atoms. The zero-order chi connectivity index (χ0) is 10.4. The lowest BCUT2D eigenvalue weighted by molar-refractivity contribution is -0.380. The molecular formula is C8H13N3O2S. The summed E-state index contributed by atoms with van der Waals surface area (Å²) in [7, 11) is 0. The second-order valence-corrected chi connectivity index (χ2v) is 3.76. The van der Waals surface area contributed by atoms with Crippen LogP contribution in [0.4, 0.5) is 5.00 Å². The highest BCUT2D eigenvalue weighted by molar-refractivity contribution is 7.13. The van der Waals surface area contributed by atoms with Crippen molar-refractivity contribution in [2.45, 2.75) is 13.0 Å². The van der Waals surface area contributed by atoms with E-state index in [4.69, 9.17) is 5.73 Å². The van der Waals surface area contributed by atoms with Gasteiger partial charge in [0.25, 0.3) is 0 Å². The van der Waals surface area contributed by atoms with Crippen LogP contribution < -0.4 is 11.1 Å². The molecule has 1 rings (SSSR count). The molecule has 0 spiro atoms. The van der Waals surface area contributed by atoms with Crippen molar-refractivity contribution in [3.05, 3.63) is 27.1 Å². The predicted octanol–water partition coefficient (Wildman–Crippen LogP) is 1.09. The largest absolute Gasteiger partial charge is 0.330 e. The molecule has 0 fully saturated rings. The van der Waals surface area contributed by atoms with Crippen LogP contribution in [0.1, 0.15) is 12.0 Å². The maximum absolute atomic E-state index is 10.4. The number of thiophene rings is 1. The minimum absolute atomic E-state index is 0.195. The summed E-state index contributed by atoms with van der Waals surface area (Å²) in [6.07, 6.45) is 0.923. The molecule has 0 aromatic carbocycles. The lowest BCUT2D eigenvalue weighted by Crippen LogP contribution is -2.17. The van der Waals surface area contributed by atoms with E-state index in [0.29, 0.717) is 13.1 Å². The molecule has 0 saturated carbocycles. The van der Waals surface area contributed by atoms with Crippen molar-refractivity contribution in [2.24, 2.45) is 5.73 Å². The summed E-state index contributed by atoms with van der Waals surface area (Å²) in [5.41, 5.74) is 6.28. The minimum Gasteiger partial charge on any atom is -0.330 e. The second kappa shape index (κ2) is 5.69. The van der Waals surface area contributed by atoms with Crippen molar-refractivity contribution in [1.29, 1.82) is 0 Å². The molecular weight excluding hydrogens is 202 g/mol. The van der Waals surface area contributed by atoms with Gasteiger partial charge in [0.2, 0.25) is 0 Å². The maximum Gasteiger partial charge on any atom is 0.324 e. The van der Waals surface area contributed by atoms with Crippen molar-refractivity contribution < 1.29 is 4.92 Å². The quantitative estimate of drug-likeness (QED) is 0.423. The predicted molar refractivity (Wildman–Crippen MR) is 56.4 cm³/mol. The molecule has 0 saturated heterocycles. The maximum atomic E-state index is 10.4. The van der Waals surface area contributed by atoms with Crippen LogP contribution in [0.5, 0.6) is 0 Å². The summed E-state index contributed by atoms with van der Waals surface area (Å²) in [6, 6.07) is 1.60. The Labute approximate surface area is 86.1 Å². The van der Waals surface area contributed by atoms with Gasteiger partial charge < -0.3 is 11.1 Å². The molecule has 0 aliphatic carbocycles. The van der Waals surface area contributed by atoms with E-state index in [2.05, 4.69) is 5.32 Å². The van der Waals surface area contributed by atoms with E-state index < -0.39 is 0 Å². The number of nitrogens with zero attached hydrogens (tertiary/aromatic N) is 1. The number of hydrogen-bond donors (Lipinski definition) is 2. The average Bonchev–Trinajstić information content (AvgIpc) is 2.61. The standard InChI is InChI=1S/C8H13N3O2S/c9-2-1-3-10-5-7-4-8(11(12)13)14-6-7/h4,6,10H,1-3,5,9H2. The highest BCUT2D eigenvalue weighted by Gasteiger charge is 2.08. The third-order valence-electron chi connectivity index (χ3n) is 1.71. The Bertz CT molecular complexity index is 301. The van der Waals surface area contributed by atoms with E-state index in [9.17, 15) is 10.1 Å². The molecule has 0 aliphatic heterocycles. The first kappa shape index (κ1) is 11.1. The van der Waals surface area contributed by atoms with Crippen LogP contribution in [0.15, 0.2) is 11.4 Å². The third kappa shape index (κ3) is 3.41. The Morgan fingerprint density at radius 3 is 3.00 bits per heavy atom. The summed E-state index contributed by atoms with van der Waals surface area (Å²) in [6.45, 7) is 2.18. The van der Waals surface area contributed by atoms with Gasteiger partial charge >= 0.3 is 5.00 Å². The lowest BCUT2D eigenvalue weighted by Gasteiger charge is -1.99. The highest BCUT2D eigenvalue weighted by Crippen LogP contribution is 2.22. The van der Waals surface area contributed by atoms with Gasteiger partial charge in [-0.2, -0.15) is 0 Å². The van der Waals surface area contributed by atoms with Crippen molar-refractivity contribution in [3.8, 4) is 0 Å². The van der Waals surface area contributed by atoms with Gasteiger partial charge in [0, 0.05) is 18.0 Å². The minimum atomic E-state index is -0.367. The number of hydrogen-bond acceptors (Lipinski definition) is 5. The van der Waals surface area contributed by atoms with Crippen molar-refractivity contribution >= 4 is 16.3 Å². The SMILES string of the molecule is NCCCNCc1csc([N+](=O)[O-])c1. The molecule has 1 aromatic heterocycles. The van der Waals surface area contributed by atoms with E-state index in [1.54, 1.807) is 11.4 Å². The molecule has 1 aromatic rings. The van der Waals surface area contributed by atoms with Gasteiger partial charge in [0.15, 0.2) is 0 Å². The molecule has 5 nitrogen and oxygen atoms in total. The topological polar surface area (TPSA) is 81.2 Å². The molecule has 0 aliphatic rings. The van der Waals surface area contributed by atoms with E-state index in [-0.39, 0.29) is 9.92 Å². The van der Waals surface area contributed by atoms with Gasteiger partial charge in [-0.1, -0.05) is 11.3 Å². The van der Waals surface area contributed by atoms with E-state index >= 15 is 0 Å². The lowest BCUT2D eigenvalue weighted by atomic mass is 10.3. The smallest absolute Gasteiger partial charge is 0.324 e. The van der Waals surface area contributed by atoms with Gasteiger partial charge in [-0.05, 0) is 25.1 Å². The number of nitro groups is 1. The Balaban J connectivity index is 2.33. The zero-order valence-corrected chi connectivity index (χ0v) is 8.55. The van der Waals surface area contributed by atoms with Gasteiger partial charge in [-0.25, -0.2) is 0 Å². The van der Waals surface area contributed by atoms with E-state index in [0.717, 1.165) is 29.9 Å². The Hall–Kier alpha value is -0.980. The van der Waals surface area contributed by atoms with Crippen LogP contribution in [-0.4, -0.2) is 18.0 Å². The van der Waals surface area contributed by atoms with Crippen LogP contribution >= 0.6 is 11.3 Å². The highest BCUT2D eigenvalue weighted by atomic mass is 32.1. The van der Waals surface area contributed by atoms with Gasteiger partial charge in [0.05, 0.1) is 4.92 Å². The van der Waals surface area contributed by atoms with Crippen LogP contribution in [0.3, 0.4) is 0 Å². The number of rotatable bonds is 6. The Morgan fingerprint density at radius 2 is 2.43 bits per heavy atom. The molecule has 3 N–H and O–H groups in total. The van der Waals surface area contributed by atoms with Gasteiger partial charge in [-0.15, -0.1) is 0 Å². The normalized spacial score (nSPS) is 10.4.